The zero-order valence-electron chi connectivity index (χ0n) is 10.5. The quantitative estimate of drug-likeness (QED) is 0.752. The van der Waals surface area contributed by atoms with Crippen molar-refractivity contribution in [2.24, 2.45) is 0 Å². The molecule has 0 bridgehead atoms. The van der Waals surface area contributed by atoms with E-state index in [2.05, 4.69) is 4.72 Å². The van der Waals surface area contributed by atoms with Crippen molar-refractivity contribution in [1.29, 1.82) is 0 Å². The van der Waals surface area contributed by atoms with Gasteiger partial charge in [0, 0.05) is 34.5 Å². The zero-order chi connectivity index (χ0) is 13.8. The summed E-state index contributed by atoms with van der Waals surface area (Å²) in [4.78, 5) is 0.132. The molecule has 1 rings (SSSR count). The van der Waals surface area contributed by atoms with Gasteiger partial charge in [0.1, 0.15) is 0 Å². The second-order valence-corrected chi connectivity index (χ2v) is 7.48. The summed E-state index contributed by atoms with van der Waals surface area (Å²) in [7, 11) is -4.55. The van der Waals surface area contributed by atoms with Gasteiger partial charge < -0.3 is 5.73 Å². The first-order chi connectivity index (χ1) is 8.36. The van der Waals surface area contributed by atoms with Gasteiger partial charge in [-0.3, -0.25) is 4.21 Å². The van der Waals surface area contributed by atoms with Gasteiger partial charge in [-0.2, -0.15) is 0 Å². The molecule has 1 aromatic carbocycles. The van der Waals surface area contributed by atoms with E-state index in [0.29, 0.717) is 17.2 Å². The van der Waals surface area contributed by atoms with Crippen LogP contribution in [0.4, 0.5) is 5.69 Å². The lowest BCUT2D eigenvalue weighted by molar-refractivity contribution is 0.584. The summed E-state index contributed by atoms with van der Waals surface area (Å²) >= 11 is 0. The SMILES string of the molecule is CCS(=O)CCNS(=O)(=O)c1ccc(C)c(N)c1. The zero-order valence-corrected chi connectivity index (χ0v) is 12.1. The Balaban J connectivity index is 2.74. The summed E-state index contributed by atoms with van der Waals surface area (Å²) in [5, 5.41) is 0. The molecule has 0 fully saturated rings. The molecule has 1 aromatic rings. The topological polar surface area (TPSA) is 89.3 Å². The Morgan fingerprint density at radius 3 is 2.61 bits per heavy atom. The molecule has 5 nitrogen and oxygen atoms in total. The standard InChI is InChI=1S/C11H18N2O3S2/c1-3-17(14)7-6-13-18(15,16)10-5-4-9(2)11(12)8-10/h4-5,8,13H,3,6-7,12H2,1-2H3. The number of anilines is 1. The van der Waals surface area contributed by atoms with Gasteiger partial charge in [0.15, 0.2) is 0 Å². The van der Waals surface area contributed by atoms with E-state index in [1.165, 1.54) is 12.1 Å². The van der Waals surface area contributed by atoms with Gasteiger partial charge in [0.2, 0.25) is 10.0 Å². The van der Waals surface area contributed by atoms with Gasteiger partial charge in [-0.1, -0.05) is 13.0 Å². The summed E-state index contributed by atoms with van der Waals surface area (Å²) in [5.41, 5.74) is 6.95. The third kappa shape index (κ3) is 4.08. The number of benzene rings is 1. The number of hydrogen-bond acceptors (Lipinski definition) is 4. The number of nitrogen functional groups attached to an aromatic ring is 1. The Bertz CT molecular complexity index is 541. The Labute approximate surface area is 110 Å². The number of nitrogens with two attached hydrogens (primary N) is 1. The first-order valence-corrected chi connectivity index (χ1v) is 8.54. The molecule has 0 spiro atoms. The summed E-state index contributed by atoms with van der Waals surface area (Å²) in [6, 6.07) is 4.59. The molecule has 102 valence electrons. The molecule has 0 radical (unpaired) electrons. The summed E-state index contributed by atoms with van der Waals surface area (Å²) in [6.07, 6.45) is 0. The average Bonchev–Trinajstić information content (AvgIpc) is 2.32. The molecule has 0 aliphatic heterocycles. The predicted molar refractivity (Wildman–Crippen MR) is 74.3 cm³/mol. The number of nitrogens with one attached hydrogen (secondary N) is 1. The first-order valence-electron chi connectivity index (χ1n) is 5.57. The molecule has 0 aliphatic carbocycles. The van der Waals surface area contributed by atoms with Gasteiger partial charge in [-0.15, -0.1) is 0 Å². The summed E-state index contributed by atoms with van der Waals surface area (Å²) in [5.74, 6) is 0.844. The number of aryl methyl sites for hydroxylation is 1. The minimum atomic E-state index is -3.57. The Morgan fingerprint density at radius 2 is 2.06 bits per heavy atom. The van der Waals surface area contributed by atoms with Crippen LogP contribution in [0.25, 0.3) is 0 Å². The number of hydrogen-bond donors (Lipinski definition) is 2. The molecule has 0 aromatic heterocycles. The van der Waals surface area contributed by atoms with Crippen molar-refractivity contribution >= 4 is 26.5 Å². The lowest BCUT2D eigenvalue weighted by atomic mass is 10.2. The smallest absolute Gasteiger partial charge is 0.240 e. The van der Waals surface area contributed by atoms with Crippen molar-refractivity contribution < 1.29 is 12.6 Å². The maximum atomic E-state index is 11.9. The number of rotatable bonds is 6. The molecule has 0 aliphatic rings. The monoisotopic (exact) mass is 290 g/mol. The molecule has 7 heteroatoms. The highest BCUT2D eigenvalue weighted by molar-refractivity contribution is 7.89. The van der Waals surface area contributed by atoms with Crippen LogP contribution >= 0.6 is 0 Å². The molecular weight excluding hydrogens is 272 g/mol. The fourth-order valence-corrected chi connectivity index (χ4v) is 3.12. The maximum absolute atomic E-state index is 11.9. The fraction of sp³-hybridized carbons (Fsp3) is 0.455. The van der Waals surface area contributed by atoms with E-state index < -0.39 is 20.8 Å². The highest BCUT2D eigenvalue weighted by Crippen LogP contribution is 2.16. The van der Waals surface area contributed by atoms with Crippen molar-refractivity contribution in [2.45, 2.75) is 18.7 Å². The minimum Gasteiger partial charge on any atom is -0.398 e. The summed E-state index contributed by atoms with van der Waals surface area (Å²) in [6.45, 7) is 3.77. The average molecular weight is 290 g/mol. The molecule has 0 amide bonds. The van der Waals surface area contributed by atoms with Crippen molar-refractivity contribution in [1.82, 2.24) is 4.72 Å². The van der Waals surface area contributed by atoms with Gasteiger partial charge in [0.05, 0.1) is 4.90 Å². The van der Waals surface area contributed by atoms with Crippen LogP contribution in [0.1, 0.15) is 12.5 Å². The van der Waals surface area contributed by atoms with Crippen LogP contribution in [-0.2, 0) is 20.8 Å². The molecular formula is C11H18N2O3S2. The van der Waals surface area contributed by atoms with Crippen LogP contribution in [0.5, 0.6) is 0 Å². The van der Waals surface area contributed by atoms with Crippen LogP contribution in [0.3, 0.4) is 0 Å². The highest BCUT2D eigenvalue weighted by Gasteiger charge is 2.14. The van der Waals surface area contributed by atoms with Gasteiger partial charge >= 0.3 is 0 Å². The second kappa shape index (κ2) is 6.31. The summed E-state index contributed by atoms with van der Waals surface area (Å²) < 4.78 is 37.4. The van der Waals surface area contributed by atoms with Crippen LogP contribution in [0.2, 0.25) is 0 Å². The third-order valence-corrected chi connectivity index (χ3v) is 5.27. The largest absolute Gasteiger partial charge is 0.398 e. The molecule has 1 atom stereocenters. The van der Waals surface area contributed by atoms with Crippen molar-refractivity contribution in [3.8, 4) is 0 Å². The minimum absolute atomic E-state index is 0.132. The molecule has 0 saturated carbocycles. The van der Waals surface area contributed by atoms with E-state index in [1.54, 1.807) is 13.0 Å². The van der Waals surface area contributed by atoms with E-state index >= 15 is 0 Å². The molecule has 18 heavy (non-hydrogen) atoms. The van der Waals surface area contributed by atoms with E-state index in [1.807, 2.05) is 6.92 Å². The Kier molecular flexibility index (Phi) is 5.30. The van der Waals surface area contributed by atoms with E-state index in [4.69, 9.17) is 5.73 Å². The molecule has 1 unspecified atom stereocenters. The third-order valence-electron chi connectivity index (χ3n) is 2.50. The first kappa shape index (κ1) is 15.1. The highest BCUT2D eigenvalue weighted by atomic mass is 32.2. The Morgan fingerprint density at radius 1 is 1.39 bits per heavy atom. The fourth-order valence-electron chi connectivity index (χ4n) is 1.30. The molecule has 0 heterocycles. The van der Waals surface area contributed by atoms with Crippen LogP contribution in [0, 0.1) is 6.92 Å². The van der Waals surface area contributed by atoms with E-state index in [0.717, 1.165) is 5.56 Å². The number of sulfonamides is 1. The second-order valence-electron chi connectivity index (χ2n) is 3.85. The maximum Gasteiger partial charge on any atom is 0.240 e. The lowest BCUT2D eigenvalue weighted by Gasteiger charge is -2.08. The predicted octanol–water partition coefficient (Wildman–Crippen LogP) is 0.624. The lowest BCUT2D eigenvalue weighted by Crippen LogP contribution is -2.28. The van der Waals surface area contributed by atoms with Crippen molar-refractivity contribution in [3.63, 3.8) is 0 Å². The van der Waals surface area contributed by atoms with Crippen molar-refractivity contribution in [2.75, 3.05) is 23.8 Å². The van der Waals surface area contributed by atoms with Gasteiger partial charge in [-0.05, 0) is 24.6 Å². The van der Waals surface area contributed by atoms with E-state index in [-0.39, 0.29) is 11.4 Å². The van der Waals surface area contributed by atoms with Crippen LogP contribution in [-0.4, -0.2) is 30.7 Å². The van der Waals surface area contributed by atoms with Crippen LogP contribution < -0.4 is 10.5 Å². The van der Waals surface area contributed by atoms with Gasteiger partial charge in [0.25, 0.3) is 0 Å². The Hall–Kier alpha value is -0.920. The van der Waals surface area contributed by atoms with E-state index in [9.17, 15) is 12.6 Å². The normalized spacial score (nSPS) is 13.4. The molecule has 0 saturated heterocycles. The van der Waals surface area contributed by atoms with Crippen molar-refractivity contribution in [3.05, 3.63) is 23.8 Å². The van der Waals surface area contributed by atoms with Gasteiger partial charge in [-0.25, -0.2) is 13.1 Å². The van der Waals surface area contributed by atoms with Crippen LogP contribution in [0.15, 0.2) is 23.1 Å². The molecule has 3 N–H and O–H groups in total.